The molecule has 26 heavy (non-hydrogen) atoms. The van der Waals surface area contributed by atoms with Crippen LogP contribution in [0.3, 0.4) is 0 Å². The van der Waals surface area contributed by atoms with Gasteiger partial charge >= 0.3 is 0 Å². The Morgan fingerprint density at radius 2 is 1.85 bits per heavy atom. The van der Waals surface area contributed by atoms with Crippen LogP contribution < -0.4 is 14.3 Å². The lowest BCUT2D eigenvalue weighted by atomic mass is 10.1. The molecule has 134 valence electrons. The van der Waals surface area contributed by atoms with Crippen molar-refractivity contribution in [3.63, 3.8) is 0 Å². The Bertz CT molecular complexity index is 979. The normalized spacial score (nSPS) is 13.8. The summed E-state index contributed by atoms with van der Waals surface area (Å²) in [5.74, 6) is 1.50. The lowest BCUT2D eigenvalue weighted by molar-refractivity contribution is 0.171. The molecule has 0 amide bonds. The summed E-state index contributed by atoms with van der Waals surface area (Å²) in [6.45, 7) is 1.61. The number of thiazole rings is 1. The number of aliphatic hydroxyl groups is 1. The average Bonchev–Trinajstić information content (AvgIpc) is 3.06. The first-order valence-corrected chi connectivity index (χ1v) is 9.50. The van der Waals surface area contributed by atoms with Crippen LogP contribution in [0.1, 0.15) is 0 Å². The van der Waals surface area contributed by atoms with E-state index in [0.29, 0.717) is 24.8 Å². The van der Waals surface area contributed by atoms with Crippen molar-refractivity contribution in [1.82, 2.24) is 4.57 Å². The van der Waals surface area contributed by atoms with Crippen molar-refractivity contribution >= 4 is 28.6 Å². The fraction of sp³-hybridized carbons (Fsp3) is 0.211. The topological polar surface area (TPSA) is 56.0 Å². The predicted molar refractivity (Wildman–Crippen MR) is 102 cm³/mol. The van der Waals surface area contributed by atoms with E-state index in [1.54, 1.807) is 0 Å². The van der Waals surface area contributed by atoms with E-state index < -0.39 is 0 Å². The van der Waals surface area contributed by atoms with Crippen LogP contribution >= 0.6 is 22.9 Å². The van der Waals surface area contributed by atoms with Crippen molar-refractivity contribution < 1.29 is 14.6 Å². The summed E-state index contributed by atoms with van der Waals surface area (Å²) in [4.78, 5) is 5.50. The molecule has 2 heterocycles. The van der Waals surface area contributed by atoms with Gasteiger partial charge in [-0.25, -0.2) is 4.99 Å². The van der Waals surface area contributed by atoms with E-state index in [2.05, 4.69) is 0 Å². The first kappa shape index (κ1) is 17.1. The van der Waals surface area contributed by atoms with Crippen LogP contribution in [0.25, 0.3) is 11.3 Å². The van der Waals surface area contributed by atoms with Crippen LogP contribution in [-0.4, -0.2) is 29.5 Å². The van der Waals surface area contributed by atoms with Crippen LogP contribution in [0, 0.1) is 0 Å². The van der Waals surface area contributed by atoms with Crippen molar-refractivity contribution in [2.24, 2.45) is 4.99 Å². The maximum atomic E-state index is 9.51. The maximum absolute atomic E-state index is 9.51. The van der Waals surface area contributed by atoms with Gasteiger partial charge in [0.15, 0.2) is 16.3 Å². The number of aliphatic hydroxyl groups excluding tert-OH is 1. The van der Waals surface area contributed by atoms with E-state index in [1.165, 1.54) is 11.3 Å². The SMILES string of the molecule is OCCn1c(-c2ccc3c(c2)OCCO3)csc1=Nc1ccc(Cl)cc1. The minimum absolute atomic E-state index is 0.0299. The fourth-order valence-corrected chi connectivity index (χ4v) is 3.88. The smallest absolute Gasteiger partial charge is 0.190 e. The zero-order valence-corrected chi connectivity index (χ0v) is 15.5. The Kier molecular flexibility index (Phi) is 4.97. The van der Waals surface area contributed by atoms with Crippen molar-refractivity contribution in [3.8, 4) is 22.8 Å². The van der Waals surface area contributed by atoms with E-state index in [-0.39, 0.29) is 6.61 Å². The van der Waals surface area contributed by atoms with Crippen molar-refractivity contribution in [2.75, 3.05) is 19.8 Å². The third-order valence-corrected chi connectivity index (χ3v) is 5.13. The van der Waals surface area contributed by atoms with Gasteiger partial charge in [-0.2, -0.15) is 0 Å². The zero-order valence-electron chi connectivity index (χ0n) is 13.9. The Hall–Kier alpha value is -2.28. The predicted octanol–water partition coefficient (Wildman–Crippen LogP) is 3.87. The summed E-state index contributed by atoms with van der Waals surface area (Å²) < 4.78 is 13.3. The Morgan fingerprint density at radius 1 is 1.08 bits per heavy atom. The van der Waals surface area contributed by atoms with Crippen LogP contribution in [0.2, 0.25) is 5.02 Å². The lowest BCUT2D eigenvalue weighted by Gasteiger charge is -2.19. The molecule has 4 rings (SSSR count). The quantitative estimate of drug-likeness (QED) is 0.738. The molecule has 0 bridgehead atoms. The summed E-state index contributed by atoms with van der Waals surface area (Å²) in [6, 6.07) is 13.2. The number of halogens is 1. The van der Waals surface area contributed by atoms with E-state index in [4.69, 9.17) is 26.1 Å². The summed E-state index contributed by atoms with van der Waals surface area (Å²) in [5, 5.41) is 12.2. The van der Waals surface area contributed by atoms with Crippen molar-refractivity contribution in [3.05, 3.63) is 57.7 Å². The second-order valence-electron chi connectivity index (χ2n) is 5.73. The van der Waals surface area contributed by atoms with E-state index in [9.17, 15) is 5.11 Å². The van der Waals surface area contributed by atoms with E-state index in [1.807, 2.05) is 52.4 Å². The van der Waals surface area contributed by atoms with Gasteiger partial charge in [0, 0.05) is 22.5 Å². The van der Waals surface area contributed by atoms with Gasteiger partial charge in [-0.3, -0.25) is 0 Å². The minimum atomic E-state index is 0.0299. The molecular weight excluding hydrogens is 372 g/mol. The average molecular weight is 389 g/mol. The van der Waals surface area contributed by atoms with Gasteiger partial charge in [0.1, 0.15) is 13.2 Å². The number of hydrogen-bond acceptors (Lipinski definition) is 5. The summed E-state index contributed by atoms with van der Waals surface area (Å²) in [5.41, 5.74) is 2.79. The van der Waals surface area contributed by atoms with Gasteiger partial charge in [-0.15, -0.1) is 11.3 Å². The molecule has 0 saturated carbocycles. The fourth-order valence-electron chi connectivity index (χ4n) is 2.79. The zero-order chi connectivity index (χ0) is 17.9. The number of hydrogen-bond donors (Lipinski definition) is 1. The molecule has 0 radical (unpaired) electrons. The van der Waals surface area contributed by atoms with Gasteiger partial charge in [0.25, 0.3) is 0 Å². The first-order valence-electron chi connectivity index (χ1n) is 8.24. The number of nitrogens with zero attached hydrogens (tertiary/aromatic N) is 2. The molecule has 2 aromatic carbocycles. The molecule has 0 aliphatic carbocycles. The molecule has 1 N–H and O–H groups in total. The monoisotopic (exact) mass is 388 g/mol. The van der Waals surface area contributed by atoms with Crippen LogP contribution in [0.5, 0.6) is 11.5 Å². The Balaban J connectivity index is 1.77. The molecule has 0 spiro atoms. The highest BCUT2D eigenvalue weighted by molar-refractivity contribution is 7.07. The molecule has 5 nitrogen and oxygen atoms in total. The van der Waals surface area contributed by atoms with E-state index >= 15 is 0 Å². The standard InChI is InChI=1S/C19H17ClN2O3S/c20-14-2-4-15(5-3-14)21-19-22(7-8-23)16(12-26-19)13-1-6-17-18(11-13)25-10-9-24-17/h1-6,11-12,23H,7-10H2. The Morgan fingerprint density at radius 3 is 2.62 bits per heavy atom. The number of ether oxygens (including phenoxy) is 2. The van der Waals surface area contributed by atoms with Gasteiger partial charge in [-0.05, 0) is 42.5 Å². The second-order valence-corrected chi connectivity index (χ2v) is 7.00. The summed E-state index contributed by atoms with van der Waals surface area (Å²) in [7, 11) is 0. The van der Waals surface area contributed by atoms with Crippen LogP contribution in [0.15, 0.2) is 52.8 Å². The lowest BCUT2D eigenvalue weighted by Crippen LogP contribution is -2.18. The molecule has 0 unspecified atom stereocenters. The second kappa shape index (κ2) is 7.53. The Labute approximate surface area is 159 Å². The van der Waals surface area contributed by atoms with Gasteiger partial charge in [-0.1, -0.05) is 11.6 Å². The van der Waals surface area contributed by atoms with Crippen LogP contribution in [-0.2, 0) is 6.54 Å². The van der Waals surface area contributed by atoms with Gasteiger partial charge in [0.2, 0.25) is 0 Å². The van der Waals surface area contributed by atoms with Gasteiger partial charge < -0.3 is 19.1 Å². The highest BCUT2D eigenvalue weighted by atomic mass is 35.5. The highest BCUT2D eigenvalue weighted by Gasteiger charge is 2.15. The van der Waals surface area contributed by atoms with Crippen molar-refractivity contribution in [2.45, 2.75) is 6.54 Å². The molecule has 3 aromatic rings. The molecular formula is C19H17ClN2O3S. The molecule has 1 aromatic heterocycles. The van der Waals surface area contributed by atoms with Crippen LogP contribution in [0.4, 0.5) is 5.69 Å². The maximum Gasteiger partial charge on any atom is 0.190 e. The molecule has 0 saturated heterocycles. The number of benzene rings is 2. The molecule has 1 aliphatic heterocycles. The number of rotatable bonds is 4. The minimum Gasteiger partial charge on any atom is -0.486 e. The third kappa shape index (κ3) is 3.49. The molecule has 7 heteroatoms. The van der Waals surface area contributed by atoms with E-state index in [0.717, 1.165) is 33.2 Å². The van der Waals surface area contributed by atoms with Crippen molar-refractivity contribution in [1.29, 1.82) is 0 Å². The molecule has 0 atom stereocenters. The molecule has 1 aliphatic rings. The highest BCUT2D eigenvalue weighted by Crippen LogP contribution is 2.34. The summed E-state index contributed by atoms with van der Waals surface area (Å²) >= 11 is 7.47. The largest absolute Gasteiger partial charge is 0.486 e. The summed E-state index contributed by atoms with van der Waals surface area (Å²) in [6.07, 6.45) is 0. The third-order valence-electron chi connectivity index (χ3n) is 4.01. The molecule has 0 fully saturated rings. The van der Waals surface area contributed by atoms with Gasteiger partial charge in [0.05, 0.1) is 18.0 Å². The first-order chi connectivity index (χ1) is 12.7. The number of aromatic nitrogens is 1. The number of fused-ring (bicyclic) bond motifs is 1.